The van der Waals surface area contributed by atoms with Gasteiger partial charge in [-0.1, -0.05) is 24.3 Å². The van der Waals surface area contributed by atoms with E-state index in [1.165, 1.54) is 16.5 Å². The molecule has 2 aromatic rings. The van der Waals surface area contributed by atoms with Crippen LogP contribution in [-0.4, -0.2) is 32.4 Å². The third kappa shape index (κ3) is 2.36. The van der Waals surface area contributed by atoms with Gasteiger partial charge in [-0.15, -0.1) is 0 Å². The highest BCUT2D eigenvalue weighted by molar-refractivity contribution is 5.79. The average Bonchev–Trinajstić information content (AvgIpc) is 2.82. The van der Waals surface area contributed by atoms with Crippen molar-refractivity contribution >= 4 is 16.8 Å². The molecule has 1 amide bonds. The summed E-state index contributed by atoms with van der Waals surface area (Å²) < 4.78 is 1.42. The Morgan fingerprint density at radius 2 is 1.91 bits per heavy atom. The zero-order valence-electron chi connectivity index (χ0n) is 12.9. The summed E-state index contributed by atoms with van der Waals surface area (Å²) in [6, 6.07) is 7.74. The number of para-hydroxylation sites is 1. The van der Waals surface area contributed by atoms with Gasteiger partial charge in [0.05, 0.1) is 17.2 Å². The fraction of sp³-hybridized carbons (Fsp3) is 0.389. The third-order valence-corrected chi connectivity index (χ3v) is 4.99. The topological polar surface area (TPSA) is 55.2 Å². The largest absolute Gasteiger partial charge is 0.335 e. The van der Waals surface area contributed by atoms with Crippen LogP contribution in [0.3, 0.4) is 0 Å². The van der Waals surface area contributed by atoms with Crippen LogP contribution in [-0.2, 0) is 11.3 Å². The molecule has 0 saturated carbocycles. The number of carbonyl (C=O) groups excluding carboxylic acids is 1. The van der Waals surface area contributed by atoms with Crippen molar-refractivity contribution in [1.82, 2.24) is 14.5 Å². The van der Waals surface area contributed by atoms with Gasteiger partial charge in [-0.05, 0) is 37.8 Å². The molecule has 3 heterocycles. The van der Waals surface area contributed by atoms with E-state index in [0.717, 1.165) is 25.7 Å². The normalized spacial score (nSPS) is 23.5. The predicted octanol–water partition coefficient (Wildman–Crippen LogP) is 2.11. The molecule has 2 fully saturated rings. The highest BCUT2D eigenvalue weighted by Gasteiger charge is 2.40. The number of fused-ring (bicyclic) bond motifs is 3. The van der Waals surface area contributed by atoms with Crippen molar-refractivity contribution in [3.8, 4) is 0 Å². The molecule has 2 bridgehead atoms. The molecular formula is C18H19N3O2. The van der Waals surface area contributed by atoms with Gasteiger partial charge in [-0.25, -0.2) is 4.98 Å². The van der Waals surface area contributed by atoms with Crippen molar-refractivity contribution in [3.05, 3.63) is 53.1 Å². The highest BCUT2D eigenvalue weighted by Crippen LogP contribution is 2.37. The maximum atomic E-state index is 12.7. The van der Waals surface area contributed by atoms with Gasteiger partial charge in [-0.2, -0.15) is 0 Å². The van der Waals surface area contributed by atoms with Crippen molar-refractivity contribution in [2.75, 3.05) is 0 Å². The van der Waals surface area contributed by atoms with E-state index in [4.69, 9.17) is 0 Å². The lowest BCUT2D eigenvalue weighted by molar-refractivity contribution is -0.135. The Bertz CT molecular complexity index is 839. The van der Waals surface area contributed by atoms with Gasteiger partial charge in [0.1, 0.15) is 6.54 Å². The summed E-state index contributed by atoms with van der Waals surface area (Å²) in [4.78, 5) is 31.5. The maximum Gasteiger partial charge on any atom is 0.261 e. The number of hydrogen-bond acceptors (Lipinski definition) is 3. The van der Waals surface area contributed by atoms with Gasteiger partial charge in [0.15, 0.2) is 0 Å². The molecule has 118 valence electrons. The summed E-state index contributed by atoms with van der Waals surface area (Å²) in [7, 11) is 0. The molecular weight excluding hydrogens is 290 g/mol. The average molecular weight is 309 g/mol. The second-order valence-corrected chi connectivity index (χ2v) is 6.54. The smallest absolute Gasteiger partial charge is 0.261 e. The van der Waals surface area contributed by atoms with Crippen molar-refractivity contribution in [3.63, 3.8) is 0 Å². The lowest BCUT2D eigenvalue weighted by atomic mass is 9.98. The number of rotatable bonds is 2. The van der Waals surface area contributed by atoms with Crippen LogP contribution in [0, 0.1) is 0 Å². The molecule has 2 unspecified atom stereocenters. The maximum absolute atomic E-state index is 12.7. The molecule has 1 aromatic heterocycles. The first-order chi connectivity index (χ1) is 11.1. The molecule has 2 aliphatic heterocycles. The standard InChI is InChI=1S/C18H19N3O2/c1-12-8-13-6-7-14(9-12)21(13)17(22)10-20-11-19-16-5-3-2-4-15(16)18(20)23/h2-5,11,13-14H,1,6-10H2. The fourth-order valence-corrected chi connectivity index (χ4v) is 3.97. The molecule has 23 heavy (non-hydrogen) atoms. The number of amides is 1. The van der Waals surface area contributed by atoms with Gasteiger partial charge in [0.2, 0.25) is 5.91 Å². The molecule has 5 nitrogen and oxygen atoms in total. The molecule has 0 aliphatic carbocycles. The Balaban J connectivity index is 1.61. The van der Waals surface area contributed by atoms with Gasteiger partial charge < -0.3 is 4.90 Å². The monoisotopic (exact) mass is 309 g/mol. The zero-order valence-corrected chi connectivity index (χ0v) is 12.9. The lowest BCUT2D eigenvalue weighted by Crippen LogP contribution is -2.46. The second kappa shape index (κ2) is 5.33. The molecule has 2 saturated heterocycles. The highest BCUT2D eigenvalue weighted by atomic mass is 16.2. The Labute approximate surface area is 134 Å². The van der Waals surface area contributed by atoms with E-state index in [2.05, 4.69) is 11.6 Å². The minimum absolute atomic E-state index is 0.0178. The van der Waals surface area contributed by atoms with E-state index >= 15 is 0 Å². The first kappa shape index (κ1) is 14.2. The number of hydrogen-bond donors (Lipinski definition) is 0. The summed E-state index contributed by atoms with van der Waals surface area (Å²) in [5, 5.41) is 0.554. The van der Waals surface area contributed by atoms with Crippen molar-refractivity contribution in [2.24, 2.45) is 0 Å². The van der Waals surface area contributed by atoms with Crippen LogP contribution < -0.4 is 5.56 Å². The molecule has 2 aliphatic rings. The summed E-state index contributed by atoms with van der Waals surface area (Å²) >= 11 is 0. The Hall–Kier alpha value is -2.43. The number of piperidine rings is 1. The Morgan fingerprint density at radius 3 is 2.65 bits per heavy atom. The molecule has 0 spiro atoms. The summed E-state index contributed by atoms with van der Waals surface area (Å²) in [5.74, 6) is 0.0178. The first-order valence-electron chi connectivity index (χ1n) is 8.05. The van der Waals surface area contributed by atoms with Gasteiger partial charge in [-0.3, -0.25) is 14.2 Å². The molecule has 0 radical (unpaired) electrons. The van der Waals surface area contributed by atoms with Gasteiger partial charge >= 0.3 is 0 Å². The van der Waals surface area contributed by atoms with E-state index in [0.29, 0.717) is 10.9 Å². The van der Waals surface area contributed by atoms with Crippen LogP contribution >= 0.6 is 0 Å². The summed E-state index contributed by atoms with van der Waals surface area (Å²) in [5.41, 5.74) is 1.75. The Kier molecular flexibility index (Phi) is 3.29. The van der Waals surface area contributed by atoms with Crippen molar-refractivity contribution in [2.45, 2.75) is 44.3 Å². The molecule has 5 heteroatoms. The number of aromatic nitrogens is 2. The number of nitrogens with zero attached hydrogens (tertiary/aromatic N) is 3. The number of benzene rings is 1. The Morgan fingerprint density at radius 1 is 1.22 bits per heavy atom. The molecule has 1 aromatic carbocycles. The minimum Gasteiger partial charge on any atom is -0.335 e. The zero-order chi connectivity index (χ0) is 16.0. The molecule has 0 N–H and O–H groups in total. The van der Waals surface area contributed by atoms with Crippen LogP contribution in [0.15, 0.2) is 47.5 Å². The quantitative estimate of drug-likeness (QED) is 0.798. The van der Waals surface area contributed by atoms with E-state index in [1.807, 2.05) is 17.0 Å². The summed E-state index contributed by atoms with van der Waals surface area (Å²) in [6.07, 6.45) is 5.36. The van der Waals surface area contributed by atoms with Crippen LogP contribution in [0.4, 0.5) is 0 Å². The fourth-order valence-electron chi connectivity index (χ4n) is 3.97. The van der Waals surface area contributed by atoms with E-state index < -0.39 is 0 Å². The minimum atomic E-state index is -0.155. The third-order valence-electron chi connectivity index (χ3n) is 4.99. The van der Waals surface area contributed by atoms with Gasteiger partial charge in [0, 0.05) is 12.1 Å². The predicted molar refractivity (Wildman–Crippen MR) is 88.0 cm³/mol. The van der Waals surface area contributed by atoms with Crippen molar-refractivity contribution < 1.29 is 4.79 Å². The van der Waals surface area contributed by atoms with Crippen LogP contribution in [0.2, 0.25) is 0 Å². The van der Waals surface area contributed by atoms with Gasteiger partial charge in [0.25, 0.3) is 5.56 Å². The van der Waals surface area contributed by atoms with E-state index in [1.54, 1.807) is 12.1 Å². The second-order valence-electron chi connectivity index (χ2n) is 6.54. The van der Waals surface area contributed by atoms with E-state index in [-0.39, 0.29) is 30.1 Å². The first-order valence-corrected chi connectivity index (χ1v) is 8.05. The van der Waals surface area contributed by atoms with Crippen LogP contribution in [0.5, 0.6) is 0 Å². The molecule has 2 atom stereocenters. The van der Waals surface area contributed by atoms with E-state index in [9.17, 15) is 9.59 Å². The SMILES string of the molecule is C=C1CC2CCC(C1)N2C(=O)Cn1cnc2ccccc2c1=O. The number of carbonyl (C=O) groups is 1. The lowest BCUT2D eigenvalue weighted by Gasteiger charge is -2.36. The van der Waals surface area contributed by atoms with Crippen LogP contribution in [0.1, 0.15) is 25.7 Å². The summed E-state index contributed by atoms with van der Waals surface area (Å²) in [6.45, 7) is 4.14. The van der Waals surface area contributed by atoms with Crippen LogP contribution in [0.25, 0.3) is 10.9 Å². The molecule has 4 rings (SSSR count). The van der Waals surface area contributed by atoms with Crippen molar-refractivity contribution in [1.29, 1.82) is 0 Å².